The highest BCUT2D eigenvalue weighted by atomic mass is 79.9. The van der Waals surface area contributed by atoms with Crippen LogP contribution < -0.4 is 5.32 Å². The molecule has 2 heterocycles. The molecule has 0 aliphatic carbocycles. The molecule has 0 aliphatic rings. The predicted molar refractivity (Wildman–Crippen MR) is 104 cm³/mol. The molecule has 134 valence electrons. The Morgan fingerprint density at radius 3 is 2.52 bits per heavy atom. The number of carbonyl (C=O) groups excluding carboxylic acids is 1. The number of halogens is 1. The topological polar surface area (TPSA) is 73.0 Å². The van der Waals surface area contributed by atoms with E-state index in [4.69, 9.17) is 4.42 Å². The molecule has 0 saturated carbocycles. The Morgan fingerprint density at radius 2 is 1.81 bits per heavy atom. The van der Waals surface area contributed by atoms with E-state index in [1.807, 2.05) is 48.5 Å². The van der Waals surface area contributed by atoms with Gasteiger partial charge in [-0.2, -0.15) is 5.10 Å². The van der Waals surface area contributed by atoms with Gasteiger partial charge in [0.15, 0.2) is 0 Å². The van der Waals surface area contributed by atoms with Crippen LogP contribution in [0.2, 0.25) is 0 Å². The normalized spacial score (nSPS) is 10.7. The van der Waals surface area contributed by atoms with Gasteiger partial charge in [0, 0.05) is 15.6 Å². The number of carbonyl (C=O) groups is 1. The van der Waals surface area contributed by atoms with Gasteiger partial charge in [-0.15, -0.1) is 0 Å². The van der Waals surface area contributed by atoms with Crippen LogP contribution in [0.3, 0.4) is 0 Å². The maximum atomic E-state index is 12.3. The summed E-state index contributed by atoms with van der Waals surface area (Å²) in [5.74, 6) is 1.30. The average molecular weight is 423 g/mol. The summed E-state index contributed by atoms with van der Waals surface area (Å²) in [5, 5.41) is 6.93. The quantitative estimate of drug-likeness (QED) is 0.522. The lowest BCUT2D eigenvalue weighted by Crippen LogP contribution is -2.22. The smallest absolute Gasteiger partial charge is 0.251 e. The predicted octanol–water partition coefficient (Wildman–Crippen LogP) is 4.22. The fourth-order valence-corrected chi connectivity index (χ4v) is 2.88. The molecule has 0 aliphatic heterocycles. The SMILES string of the molecule is O=C(NCc1ccc(-c2ccc(Br)cc2)o1)c1ccc(-n2cncn2)cc1. The Bertz CT molecular complexity index is 1040. The minimum Gasteiger partial charge on any atom is -0.459 e. The summed E-state index contributed by atoms with van der Waals surface area (Å²) in [5.41, 5.74) is 2.40. The zero-order valence-corrected chi connectivity index (χ0v) is 15.8. The Hall–Kier alpha value is -3.19. The molecule has 2 aromatic heterocycles. The van der Waals surface area contributed by atoms with Crippen LogP contribution in [-0.2, 0) is 6.54 Å². The number of hydrogen-bond acceptors (Lipinski definition) is 4. The van der Waals surface area contributed by atoms with Crippen molar-refractivity contribution in [3.8, 4) is 17.0 Å². The standard InChI is InChI=1S/C20H15BrN4O2/c21-16-5-1-14(2-6-16)19-10-9-18(27-19)11-23-20(26)15-3-7-17(8-4-15)25-13-22-12-24-25/h1-10,12-13H,11H2,(H,23,26). The molecule has 1 N–H and O–H groups in total. The Labute approximate surface area is 164 Å². The van der Waals surface area contributed by atoms with Gasteiger partial charge in [-0.3, -0.25) is 4.79 Å². The Balaban J connectivity index is 1.38. The molecular formula is C20H15BrN4O2. The molecule has 1 amide bonds. The Kier molecular flexibility index (Phi) is 4.84. The van der Waals surface area contributed by atoms with Gasteiger partial charge >= 0.3 is 0 Å². The average Bonchev–Trinajstić information content (AvgIpc) is 3.39. The van der Waals surface area contributed by atoms with Crippen molar-refractivity contribution in [1.82, 2.24) is 20.1 Å². The summed E-state index contributed by atoms with van der Waals surface area (Å²) in [4.78, 5) is 16.2. The molecule has 0 fully saturated rings. The first-order chi connectivity index (χ1) is 13.2. The second-order valence-electron chi connectivity index (χ2n) is 5.84. The van der Waals surface area contributed by atoms with Crippen LogP contribution in [0.1, 0.15) is 16.1 Å². The summed E-state index contributed by atoms with van der Waals surface area (Å²) >= 11 is 3.42. The lowest BCUT2D eigenvalue weighted by atomic mass is 10.2. The first-order valence-corrected chi connectivity index (χ1v) is 9.06. The van der Waals surface area contributed by atoms with E-state index in [1.165, 1.54) is 6.33 Å². The fourth-order valence-electron chi connectivity index (χ4n) is 2.62. The molecule has 0 spiro atoms. The van der Waals surface area contributed by atoms with Crippen LogP contribution >= 0.6 is 15.9 Å². The minimum absolute atomic E-state index is 0.165. The van der Waals surface area contributed by atoms with Gasteiger partial charge in [-0.05, 0) is 48.5 Å². The van der Waals surface area contributed by atoms with Gasteiger partial charge in [-0.1, -0.05) is 28.1 Å². The van der Waals surface area contributed by atoms with Crippen LogP contribution in [0.25, 0.3) is 17.0 Å². The molecule has 7 heteroatoms. The first-order valence-electron chi connectivity index (χ1n) is 8.27. The minimum atomic E-state index is -0.165. The maximum Gasteiger partial charge on any atom is 0.251 e. The third-order valence-corrected chi connectivity index (χ3v) is 4.56. The molecule has 0 radical (unpaired) electrons. The highest BCUT2D eigenvalue weighted by Crippen LogP contribution is 2.24. The van der Waals surface area contributed by atoms with Crippen molar-refractivity contribution in [3.05, 3.63) is 89.1 Å². The monoisotopic (exact) mass is 422 g/mol. The number of nitrogens with zero attached hydrogens (tertiary/aromatic N) is 3. The van der Waals surface area contributed by atoms with E-state index in [0.29, 0.717) is 17.9 Å². The van der Waals surface area contributed by atoms with Crippen LogP contribution in [-0.4, -0.2) is 20.7 Å². The highest BCUT2D eigenvalue weighted by molar-refractivity contribution is 9.10. The van der Waals surface area contributed by atoms with E-state index < -0.39 is 0 Å². The van der Waals surface area contributed by atoms with E-state index in [1.54, 1.807) is 23.1 Å². The number of benzene rings is 2. The molecule has 4 rings (SSSR count). The van der Waals surface area contributed by atoms with E-state index in [-0.39, 0.29) is 5.91 Å². The number of rotatable bonds is 5. The summed E-state index contributed by atoms with van der Waals surface area (Å²) < 4.78 is 8.46. The van der Waals surface area contributed by atoms with Crippen LogP contribution in [0.15, 0.2) is 82.2 Å². The molecular weight excluding hydrogens is 408 g/mol. The number of amides is 1. The molecule has 2 aromatic carbocycles. The third-order valence-electron chi connectivity index (χ3n) is 4.03. The zero-order chi connectivity index (χ0) is 18.6. The van der Waals surface area contributed by atoms with Gasteiger partial charge in [0.2, 0.25) is 0 Å². The molecule has 27 heavy (non-hydrogen) atoms. The lowest BCUT2D eigenvalue weighted by molar-refractivity contribution is 0.0948. The maximum absolute atomic E-state index is 12.3. The van der Waals surface area contributed by atoms with Crippen molar-refractivity contribution in [2.75, 3.05) is 0 Å². The van der Waals surface area contributed by atoms with E-state index in [0.717, 1.165) is 21.5 Å². The molecule has 0 unspecified atom stereocenters. The first kappa shape index (κ1) is 17.2. The second kappa shape index (κ2) is 7.59. The Morgan fingerprint density at radius 1 is 1.04 bits per heavy atom. The largest absolute Gasteiger partial charge is 0.459 e. The third kappa shape index (κ3) is 3.98. The molecule has 4 aromatic rings. The molecule has 6 nitrogen and oxygen atoms in total. The van der Waals surface area contributed by atoms with Crippen LogP contribution in [0.5, 0.6) is 0 Å². The van der Waals surface area contributed by atoms with Crippen molar-refractivity contribution in [2.45, 2.75) is 6.54 Å². The van der Waals surface area contributed by atoms with Crippen LogP contribution in [0, 0.1) is 0 Å². The summed E-state index contributed by atoms with van der Waals surface area (Å²) in [7, 11) is 0. The van der Waals surface area contributed by atoms with Gasteiger partial charge in [0.05, 0.1) is 12.2 Å². The van der Waals surface area contributed by atoms with Crippen molar-refractivity contribution in [2.24, 2.45) is 0 Å². The van der Waals surface area contributed by atoms with E-state index >= 15 is 0 Å². The van der Waals surface area contributed by atoms with Crippen LogP contribution in [0.4, 0.5) is 0 Å². The second-order valence-corrected chi connectivity index (χ2v) is 6.76. The summed E-state index contributed by atoms with van der Waals surface area (Å²) in [6, 6.07) is 18.8. The van der Waals surface area contributed by atoms with Gasteiger partial charge in [-0.25, -0.2) is 9.67 Å². The number of hydrogen-bond donors (Lipinski definition) is 1. The van der Waals surface area contributed by atoms with Gasteiger partial charge < -0.3 is 9.73 Å². The van der Waals surface area contributed by atoms with Gasteiger partial charge in [0.25, 0.3) is 5.91 Å². The highest BCUT2D eigenvalue weighted by Gasteiger charge is 2.09. The molecule has 0 atom stereocenters. The van der Waals surface area contributed by atoms with Gasteiger partial charge in [0.1, 0.15) is 24.2 Å². The van der Waals surface area contributed by atoms with Crippen molar-refractivity contribution >= 4 is 21.8 Å². The number of nitrogens with one attached hydrogen (secondary N) is 1. The number of furan rings is 1. The van der Waals surface area contributed by atoms with Crippen molar-refractivity contribution < 1.29 is 9.21 Å². The van der Waals surface area contributed by atoms with Crippen molar-refractivity contribution in [1.29, 1.82) is 0 Å². The number of aromatic nitrogens is 3. The zero-order valence-electron chi connectivity index (χ0n) is 14.2. The lowest BCUT2D eigenvalue weighted by Gasteiger charge is -2.05. The van der Waals surface area contributed by atoms with Crippen molar-refractivity contribution in [3.63, 3.8) is 0 Å². The molecule has 0 saturated heterocycles. The molecule has 0 bridgehead atoms. The van der Waals surface area contributed by atoms with E-state index in [2.05, 4.69) is 31.3 Å². The fraction of sp³-hybridized carbons (Fsp3) is 0.0500. The van der Waals surface area contributed by atoms with E-state index in [9.17, 15) is 4.79 Å². The summed E-state index contributed by atoms with van der Waals surface area (Å²) in [6.07, 6.45) is 3.07. The summed E-state index contributed by atoms with van der Waals surface area (Å²) in [6.45, 7) is 0.320.